The van der Waals surface area contributed by atoms with Gasteiger partial charge in [-0.05, 0) is 160 Å². The number of nitrogens with one attached hydrogen (secondary N) is 1. The second kappa shape index (κ2) is 33.0. The first-order valence-electron chi connectivity index (χ1n) is 37.0. The SMILES string of the molecule is CC1OC(OC2CCC3(C)C(CCC4(C)C3CC=C3C5CC(C)(C)CCC5(C(=O)OC5OCC(O)C(O)C5OC5OC(C)C(OC6OC(CO)C(O)C(O)C6O)C(O)C5O)C(O)CC34C)C2(C)C)C(O)C(O)C1OC1OCC(O)C(O)C1O.CNCCC(Oc1ccc(C(F)(F)F)cc1)c1ccccc1.Cl. The number of halogens is 4. The Morgan fingerprint density at radius 3 is 1.76 bits per heavy atom. The number of esters is 1. The van der Waals surface area contributed by atoms with E-state index in [2.05, 4.69) is 59.9 Å². The Morgan fingerprint density at radius 1 is 0.604 bits per heavy atom. The van der Waals surface area contributed by atoms with Crippen molar-refractivity contribution in [3.05, 3.63) is 77.4 Å². The fourth-order valence-electron chi connectivity index (χ4n) is 19.6. The number of rotatable bonds is 17. The van der Waals surface area contributed by atoms with Crippen LogP contribution in [0.15, 0.2) is 66.2 Å². The Labute approximate surface area is 621 Å². The molecule has 33 atom stereocenters. The number of hydrogen-bond donors (Lipinski definition) is 15. The second-order valence-corrected chi connectivity index (χ2v) is 33.2. The van der Waals surface area contributed by atoms with Crippen molar-refractivity contribution < 1.29 is 142 Å². The van der Waals surface area contributed by atoms with E-state index in [0.29, 0.717) is 31.4 Å². The molecule has 9 fully saturated rings. The van der Waals surface area contributed by atoms with Crippen molar-refractivity contribution in [2.45, 2.75) is 292 Å². The smallest absolute Gasteiger partial charge is 0.416 e. The molecule has 2 aromatic rings. The molecule has 31 heteroatoms. The summed E-state index contributed by atoms with van der Waals surface area (Å²) in [7, 11) is 1.85. The van der Waals surface area contributed by atoms with E-state index in [4.69, 9.17) is 52.1 Å². The molecule has 5 aliphatic carbocycles. The minimum Gasteiger partial charge on any atom is -0.486 e. The molecule has 33 unspecified atom stereocenters. The Kier molecular flexibility index (Phi) is 26.4. The maximum Gasteiger partial charge on any atom is 0.416 e. The van der Waals surface area contributed by atoms with Crippen LogP contribution >= 0.6 is 12.4 Å². The molecule has 106 heavy (non-hydrogen) atoms. The molecule has 0 spiro atoms. The Balaban J connectivity index is 0.000000447. The van der Waals surface area contributed by atoms with Gasteiger partial charge < -0.3 is 129 Å². The molecule has 5 aliphatic heterocycles. The van der Waals surface area contributed by atoms with Gasteiger partial charge in [0.25, 0.3) is 0 Å². The van der Waals surface area contributed by atoms with Crippen molar-refractivity contribution in [2.24, 2.45) is 50.2 Å². The van der Waals surface area contributed by atoms with Gasteiger partial charge in [-0.3, -0.25) is 4.79 Å². The first-order valence-corrected chi connectivity index (χ1v) is 37.0. The van der Waals surface area contributed by atoms with Crippen LogP contribution in [0.3, 0.4) is 0 Å². The largest absolute Gasteiger partial charge is 0.486 e. The third-order valence-electron chi connectivity index (χ3n) is 26.0. The topological polar surface area (TPSA) is 414 Å². The van der Waals surface area contributed by atoms with Crippen LogP contribution in [0.1, 0.15) is 144 Å². The summed E-state index contributed by atoms with van der Waals surface area (Å²) in [6.45, 7) is 17.9. The van der Waals surface area contributed by atoms with E-state index < -0.39 is 207 Å². The lowest BCUT2D eigenvalue weighted by Crippen LogP contribution is -2.68. The Morgan fingerprint density at radius 2 is 1.16 bits per heavy atom. The molecule has 12 rings (SSSR count). The van der Waals surface area contributed by atoms with Crippen LogP contribution in [0.5, 0.6) is 5.75 Å². The highest BCUT2D eigenvalue weighted by Gasteiger charge is 2.72. The van der Waals surface area contributed by atoms with Crippen molar-refractivity contribution in [1.82, 2.24) is 5.32 Å². The van der Waals surface area contributed by atoms with Gasteiger partial charge in [-0.15, -0.1) is 12.4 Å². The molecule has 0 aromatic heterocycles. The van der Waals surface area contributed by atoms with E-state index in [1.54, 1.807) is 6.92 Å². The first-order chi connectivity index (χ1) is 49.3. The zero-order valence-electron chi connectivity index (χ0n) is 61.6. The average Bonchev–Trinajstić information content (AvgIpc) is 0.671. The fourth-order valence-corrected chi connectivity index (χ4v) is 19.6. The number of ether oxygens (including phenoxy) is 11. The maximum atomic E-state index is 15.4. The molecule has 2 aromatic carbocycles. The van der Waals surface area contributed by atoms with Crippen LogP contribution in [0.25, 0.3) is 0 Å². The van der Waals surface area contributed by atoms with Crippen LogP contribution in [-0.4, -0.2) is 264 Å². The van der Waals surface area contributed by atoms with E-state index >= 15 is 4.79 Å². The number of fused-ring (bicyclic) bond motifs is 7. The highest BCUT2D eigenvalue weighted by molar-refractivity contribution is 5.85. The van der Waals surface area contributed by atoms with Gasteiger partial charge in [0, 0.05) is 6.42 Å². The van der Waals surface area contributed by atoms with Crippen LogP contribution in [0.2, 0.25) is 0 Å². The van der Waals surface area contributed by atoms with Crippen LogP contribution in [-0.2, 0) is 58.3 Å². The molecular weight excluding hydrogens is 1420 g/mol. The molecule has 5 heterocycles. The average molecular weight is 1540 g/mol. The quantitative estimate of drug-likeness (QED) is 0.0615. The predicted octanol–water partition coefficient (Wildman–Crippen LogP) is 2.95. The van der Waals surface area contributed by atoms with Crippen molar-refractivity contribution in [1.29, 1.82) is 0 Å². The number of aliphatic hydroxyl groups excluding tert-OH is 14. The van der Waals surface area contributed by atoms with Crippen molar-refractivity contribution in [3.63, 3.8) is 0 Å². The number of aliphatic hydroxyl groups is 14. The summed E-state index contributed by atoms with van der Waals surface area (Å²) in [5, 5.41) is 156. The summed E-state index contributed by atoms with van der Waals surface area (Å²) in [5.41, 5.74) is -1.95. The number of allylic oxidation sites excluding steroid dienone is 2. The van der Waals surface area contributed by atoms with Crippen molar-refractivity contribution in [3.8, 4) is 5.75 Å². The molecule has 0 radical (unpaired) electrons. The zero-order chi connectivity index (χ0) is 76.6. The molecule has 0 amide bonds. The molecule has 602 valence electrons. The lowest BCUT2D eigenvalue weighted by Gasteiger charge is -2.71. The van der Waals surface area contributed by atoms with Gasteiger partial charge in [-0.2, -0.15) is 13.2 Å². The van der Waals surface area contributed by atoms with E-state index in [9.17, 15) is 84.7 Å². The fraction of sp³-hybridized carbons (Fsp3) is 0.800. The number of benzene rings is 2. The minimum atomic E-state index is -4.33. The molecule has 27 nitrogen and oxygen atoms in total. The highest BCUT2D eigenvalue weighted by Crippen LogP contribution is 2.76. The van der Waals surface area contributed by atoms with Gasteiger partial charge >= 0.3 is 12.1 Å². The van der Waals surface area contributed by atoms with Crippen LogP contribution in [0, 0.1) is 50.2 Å². The second-order valence-electron chi connectivity index (χ2n) is 33.2. The van der Waals surface area contributed by atoms with Crippen molar-refractivity contribution >= 4 is 18.4 Å². The summed E-state index contributed by atoms with van der Waals surface area (Å²) < 4.78 is 103. The predicted molar refractivity (Wildman–Crippen MR) is 369 cm³/mol. The summed E-state index contributed by atoms with van der Waals surface area (Å²) in [6, 6.07) is 14.4. The maximum absolute atomic E-state index is 15.4. The molecule has 4 saturated carbocycles. The zero-order valence-corrected chi connectivity index (χ0v) is 62.4. The molecular formula is C75H113ClF3NO26. The number of hydrogen-bond acceptors (Lipinski definition) is 27. The van der Waals surface area contributed by atoms with E-state index in [0.717, 1.165) is 55.5 Å². The molecule has 5 saturated heterocycles. The molecule has 15 N–H and O–H groups in total. The Bertz CT molecular complexity index is 3260. The lowest BCUT2D eigenvalue weighted by molar-refractivity contribution is -0.374. The summed E-state index contributed by atoms with van der Waals surface area (Å²) in [5.74, 6) is -0.573. The van der Waals surface area contributed by atoms with Crippen molar-refractivity contribution in [2.75, 3.05) is 33.4 Å². The van der Waals surface area contributed by atoms with Gasteiger partial charge in [-0.25, -0.2) is 0 Å². The lowest BCUT2D eigenvalue weighted by atomic mass is 9.33. The number of carbonyl (C=O) groups is 1. The first kappa shape index (κ1) is 85.0. The van der Waals surface area contributed by atoms with Gasteiger partial charge in [0.05, 0.1) is 49.8 Å². The summed E-state index contributed by atoms with van der Waals surface area (Å²) in [4.78, 5) is 15.4. The van der Waals surface area contributed by atoms with Gasteiger partial charge in [-0.1, -0.05) is 90.4 Å². The molecule has 0 bridgehead atoms. The van der Waals surface area contributed by atoms with E-state index in [1.807, 2.05) is 37.4 Å². The standard InChI is InChI=1S/C58H94O25.C17H18F3NO.ClH/c1-23-44(80-47-40(69)34(63)27(60)21-74-47)38(67)42(71)48(76-23)79-33-13-14-55(7)30(54(33,5)6)12-15-56(8)31(55)11-10-25-26-18-53(3,4)16-17-58(26,32(62)19-57(25,56)9)52(73)83-51-46(35(64)28(61)22-75-51)82-49-43(72)39(68)45(24(2)77-49)81-50-41(70)37(66)36(65)29(20-59)78-50;1-21-12-11-16(13-5-3-2-4-6-13)22-15-9-7-14(8-10-15)17(18,19)20;/h10,23-24,26-51,59-72H,11-22H2,1-9H3;2-10,16,21H,11-12H2,1H3;1H. The van der Waals surface area contributed by atoms with Gasteiger partial charge in [0.15, 0.2) is 31.3 Å². The minimum absolute atomic E-state index is 0. The van der Waals surface area contributed by atoms with Crippen LogP contribution < -0.4 is 10.1 Å². The highest BCUT2D eigenvalue weighted by atomic mass is 35.5. The monoisotopic (exact) mass is 1540 g/mol. The van der Waals surface area contributed by atoms with E-state index in [1.165, 1.54) is 19.1 Å². The van der Waals surface area contributed by atoms with Crippen LogP contribution in [0.4, 0.5) is 13.2 Å². The van der Waals surface area contributed by atoms with Gasteiger partial charge in [0.2, 0.25) is 6.29 Å². The number of alkyl halides is 3. The number of carbonyl (C=O) groups excluding carboxylic acids is 1. The summed E-state index contributed by atoms with van der Waals surface area (Å²) >= 11 is 0. The van der Waals surface area contributed by atoms with Gasteiger partial charge in [0.1, 0.15) is 109 Å². The third-order valence-corrected chi connectivity index (χ3v) is 26.0. The summed E-state index contributed by atoms with van der Waals surface area (Å²) in [6.07, 6.45) is -33.0. The Hall–Kier alpha value is -3.43. The third kappa shape index (κ3) is 16.0. The molecule has 10 aliphatic rings. The van der Waals surface area contributed by atoms with E-state index in [-0.39, 0.29) is 66.0 Å². The normalized spacial score (nSPS) is 45.9.